The number of thiocarbonyl (C=S) groups is 1. The Labute approximate surface area is 123 Å². The summed E-state index contributed by atoms with van der Waals surface area (Å²) in [4.78, 5) is 2.33. The van der Waals surface area contributed by atoms with Crippen molar-refractivity contribution in [3.8, 4) is 0 Å². The molecule has 1 heterocycles. The van der Waals surface area contributed by atoms with Crippen LogP contribution in [0.3, 0.4) is 0 Å². The van der Waals surface area contributed by atoms with Gasteiger partial charge in [-0.25, -0.2) is 5.01 Å². The highest BCUT2D eigenvalue weighted by molar-refractivity contribution is 7.80. The zero-order chi connectivity index (χ0) is 14.7. The van der Waals surface area contributed by atoms with E-state index in [1.165, 1.54) is 0 Å². The Morgan fingerprint density at radius 2 is 1.58 bits per heavy atom. The smallest absolute Gasteiger partial charge is 0.181 e. The van der Waals surface area contributed by atoms with Crippen LogP contribution >= 0.6 is 12.2 Å². The van der Waals surface area contributed by atoms with E-state index in [4.69, 9.17) is 12.2 Å². The van der Waals surface area contributed by atoms with E-state index in [-0.39, 0.29) is 5.54 Å². The molecule has 19 heavy (non-hydrogen) atoms. The van der Waals surface area contributed by atoms with E-state index < -0.39 is 0 Å². The number of hydrogen-bond acceptors (Lipinski definition) is 3. The Hall–Kier alpha value is -0.390. The van der Waals surface area contributed by atoms with Gasteiger partial charge in [0.2, 0.25) is 0 Å². The van der Waals surface area contributed by atoms with Crippen LogP contribution in [0.5, 0.6) is 0 Å². The van der Waals surface area contributed by atoms with Gasteiger partial charge < -0.3 is 10.2 Å². The fourth-order valence-electron chi connectivity index (χ4n) is 2.77. The first-order valence-electron chi connectivity index (χ1n) is 7.10. The third kappa shape index (κ3) is 7.09. The number of nitrogens with one attached hydrogen (secondary N) is 2. The van der Waals surface area contributed by atoms with Crippen LogP contribution in [0.1, 0.15) is 41.0 Å². The molecule has 0 amide bonds. The molecule has 112 valence electrons. The van der Waals surface area contributed by atoms with Crippen molar-refractivity contribution in [2.75, 3.05) is 33.2 Å². The summed E-state index contributed by atoms with van der Waals surface area (Å²) in [7, 11) is 2.15. The van der Waals surface area contributed by atoms with Crippen LogP contribution in [0.2, 0.25) is 0 Å². The molecule has 0 aromatic carbocycles. The topological polar surface area (TPSA) is 30.5 Å². The summed E-state index contributed by atoms with van der Waals surface area (Å²) in [5.74, 6) is 0. The first kappa shape index (κ1) is 16.7. The number of hydrogen-bond donors (Lipinski definition) is 2. The molecule has 0 radical (unpaired) electrons. The molecule has 5 heteroatoms. The lowest BCUT2D eigenvalue weighted by molar-refractivity contribution is 0.129. The molecule has 0 atom stereocenters. The van der Waals surface area contributed by atoms with E-state index in [0.29, 0.717) is 5.41 Å². The van der Waals surface area contributed by atoms with Gasteiger partial charge in [-0.05, 0) is 44.9 Å². The van der Waals surface area contributed by atoms with E-state index >= 15 is 0 Å². The summed E-state index contributed by atoms with van der Waals surface area (Å²) in [6.45, 7) is 15.4. The molecule has 0 bridgehead atoms. The third-order valence-corrected chi connectivity index (χ3v) is 3.38. The highest BCUT2D eigenvalue weighted by Crippen LogP contribution is 2.26. The molecule has 0 aromatic rings. The lowest BCUT2D eigenvalue weighted by Gasteiger charge is -2.37. The monoisotopic (exact) mass is 286 g/mol. The Morgan fingerprint density at radius 3 is 2.05 bits per heavy atom. The van der Waals surface area contributed by atoms with Gasteiger partial charge in [0, 0.05) is 31.7 Å². The summed E-state index contributed by atoms with van der Waals surface area (Å²) in [6.07, 6.45) is 1.07. The molecule has 1 saturated heterocycles. The summed E-state index contributed by atoms with van der Waals surface area (Å²) < 4.78 is 0. The minimum Gasteiger partial charge on any atom is -0.357 e. The quantitative estimate of drug-likeness (QED) is 0.773. The predicted octanol–water partition coefficient (Wildman–Crippen LogP) is 1.83. The second-order valence-corrected chi connectivity index (χ2v) is 7.89. The van der Waals surface area contributed by atoms with Crippen molar-refractivity contribution < 1.29 is 0 Å². The summed E-state index contributed by atoms with van der Waals surface area (Å²) in [5, 5.41) is 6.37. The maximum absolute atomic E-state index is 5.42. The average molecular weight is 286 g/mol. The SMILES string of the molecule is CN1CCN(NC(=S)NC(C)(C)CC(C)(C)C)CC1. The molecule has 2 N–H and O–H groups in total. The van der Waals surface area contributed by atoms with E-state index in [1.54, 1.807) is 0 Å². The highest BCUT2D eigenvalue weighted by atomic mass is 32.1. The van der Waals surface area contributed by atoms with Gasteiger partial charge in [-0.2, -0.15) is 0 Å². The summed E-state index contributed by atoms with van der Waals surface area (Å²) >= 11 is 5.42. The van der Waals surface area contributed by atoms with Gasteiger partial charge in [-0.3, -0.25) is 5.43 Å². The van der Waals surface area contributed by atoms with E-state index in [0.717, 1.165) is 37.7 Å². The molecule has 0 aliphatic carbocycles. The first-order valence-corrected chi connectivity index (χ1v) is 7.51. The number of hydrazine groups is 1. The number of rotatable bonds is 3. The Balaban J connectivity index is 2.38. The van der Waals surface area contributed by atoms with Crippen molar-refractivity contribution in [2.45, 2.75) is 46.6 Å². The molecule has 0 spiro atoms. The van der Waals surface area contributed by atoms with Gasteiger partial charge in [-0.1, -0.05) is 20.8 Å². The first-order chi connectivity index (χ1) is 8.57. The van der Waals surface area contributed by atoms with Crippen LogP contribution in [-0.2, 0) is 0 Å². The van der Waals surface area contributed by atoms with Gasteiger partial charge in [0.25, 0.3) is 0 Å². The minimum absolute atomic E-state index is 0.00884. The van der Waals surface area contributed by atoms with E-state index in [1.807, 2.05) is 0 Å². The zero-order valence-corrected chi connectivity index (χ0v) is 14.2. The predicted molar refractivity (Wildman–Crippen MR) is 86.1 cm³/mol. The lowest BCUT2D eigenvalue weighted by atomic mass is 9.82. The third-order valence-electron chi connectivity index (χ3n) is 3.19. The molecule has 0 aromatic heterocycles. The van der Waals surface area contributed by atoms with Crippen LogP contribution in [0.15, 0.2) is 0 Å². The molecule has 1 fully saturated rings. The maximum atomic E-state index is 5.42. The van der Waals surface area contributed by atoms with Gasteiger partial charge in [0.05, 0.1) is 0 Å². The van der Waals surface area contributed by atoms with Gasteiger partial charge in [0.1, 0.15) is 0 Å². The van der Waals surface area contributed by atoms with E-state index in [9.17, 15) is 0 Å². The number of piperazine rings is 1. The van der Waals surface area contributed by atoms with Crippen molar-refractivity contribution in [2.24, 2.45) is 5.41 Å². The number of likely N-dealkylation sites (N-methyl/N-ethyl adjacent to an activating group) is 1. The van der Waals surface area contributed by atoms with Gasteiger partial charge >= 0.3 is 0 Å². The largest absolute Gasteiger partial charge is 0.357 e. The standard InChI is InChI=1S/C14H30N4S/c1-13(2,3)11-14(4,5)15-12(19)16-18-9-7-17(6)8-10-18/h7-11H2,1-6H3,(H2,15,16,19). The van der Waals surface area contributed by atoms with Crippen LogP contribution in [0.4, 0.5) is 0 Å². The second-order valence-electron chi connectivity index (χ2n) is 7.48. The van der Waals surface area contributed by atoms with Crippen molar-refractivity contribution >= 4 is 17.3 Å². The fourth-order valence-corrected chi connectivity index (χ4v) is 3.17. The van der Waals surface area contributed by atoms with Crippen molar-refractivity contribution in [3.63, 3.8) is 0 Å². The molecule has 0 saturated carbocycles. The van der Waals surface area contributed by atoms with Crippen molar-refractivity contribution in [1.29, 1.82) is 0 Å². The van der Waals surface area contributed by atoms with Gasteiger partial charge in [0.15, 0.2) is 5.11 Å². The molecule has 0 unspecified atom stereocenters. The molecule has 1 aliphatic rings. The zero-order valence-electron chi connectivity index (χ0n) is 13.3. The highest BCUT2D eigenvalue weighted by Gasteiger charge is 2.26. The lowest BCUT2D eigenvalue weighted by Crippen LogP contribution is -2.58. The van der Waals surface area contributed by atoms with Crippen LogP contribution in [0.25, 0.3) is 0 Å². The summed E-state index contributed by atoms with van der Waals surface area (Å²) in [6, 6.07) is 0. The average Bonchev–Trinajstić information content (AvgIpc) is 2.16. The maximum Gasteiger partial charge on any atom is 0.181 e. The molecular weight excluding hydrogens is 256 g/mol. The van der Waals surface area contributed by atoms with Gasteiger partial charge in [-0.15, -0.1) is 0 Å². The van der Waals surface area contributed by atoms with Crippen molar-refractivity contribution in [3.05, 3.63) is 0 Å². The van der Waals surface area contributed by atoms with Crippen LogP contribution in [0, 0.1) is 5.41 Å². The van der Waals surface area contributed by atoms with Crippen molar-refractivity contribution in [1.82, 2.24) is 20.7 Å². The molecule has 1 aliphatic heterocycles. The Morgan fingerprint density at radius 1 is 1.05 bits per heavy atom. The normalized spacial score (nSPS) is 19.3. The molecule has 1 rings (SSSR count). The summed E-state index contributed by atoms with van der Waals surface area (Å²) in [5.41, 5.74) is 3.61. The number of nitrogens with zero attached hydrogens (tertiary/aromatic N) is 2. The molecule has 4 nitrogen and oxygen atoms in total. The van der Waals surface area contributed by atoms with E-state index in [2.05, 4.69) is 62.3 Å². The minimum atomic E-state index is 0.00884. The Kier molecular flexibility index (Phi) is 5.59. The van der Waals surface area contributed by atoms with Crippen LogP contribution < -0.4 is 10.7 Å². The Bertz CT molecular complexity index is 301. The second kappa shape index (κ2) is 6.37. The fraction of sp³-hybridized carbons (Fsp3) is 0.929. The molecular formula is C14H30N4S. The van der Waals surface area contributed by atoms with Crippen LogP contribution in [-0.4, -0.2) is 53.8 Å².